The van der Waals surface area contributed by atoms with Gasteiger partial charge in [0.1, 0.15) is 0 Å². The minimum atomic E-state index is 0.103. The second-order valence-electron chi connectivity index (χ2n) is 7.06. The highest BCUT2D eigenvalue weighted by Crippen LogP contribution is 2.57. The van der Waals surface area contributed by atoms with Gasteiger partial charge in [0.2, 0.25) is 5.91 Å². The molecule has 0 heterocycles. The van der Waals surface area contributed by atoms with Crippen LogP contribution in [-0.2, 0) is 4.79 Å². The molecule has 0 aliphatic heterocycles. The van der Waals surface area contributed by atoms with Gasteiger partial charge in [0.25, 0.3) is 0 Å². The van der Waals surface area contributed by atoms with Gasteiger partial charge in [-0.1, -0.05) is 20.8 Å². The van der Waals surface area contributed by atoms with Gasteiger partial charge in [-0.15, -0.1) is 0 Å². The average Bonchev–Trinajstić information content (AvgIpc) is 2.30. The minimum absolute atomic E-state index is 0.103. The molecule has 3 fully saturated rings. The Bertz CT molecular complexity index is 284. The molecule has 0 saturated heterocycles. The van der Waals surface area contributed by atoms with E-state index >= 15 is 0 Å². The van der Waals surface area contributed by atoms with Gasteiger partial charge in [0.15, 0.2) is 0 Å². The molecular formula is C15H27NO. The molecule has 2 heteroatoms. The number of fused-ring (bicyclic) bond motifs is 3. The molecule has 0 aromatic rings. The predicted molar refractivity (Wildman–Crippen MR) is 70.7 cm³/mol. The minimum Gasteiger partial charge on any atom is -0.353 e. The normalized spacial score (nSPS) is 38.2. The maximum atomic E-state index is 11.8. The first-order chi connectivity index (χ1) is 7.87. The standard InChI is InChI=1S/C15H27NO/c1-11(2)13(17)16-12(3)15-8-5-14(4,6-9-15)7-10-15/h11-12H,5-10H2,1-4H3,(H,16,17)/t12-,14?,15?/m1/s1. The topological polar surface area (TPSA) is 29.1 Å². The lowest BCUT2D eigenvalue weighted by atomic mass is 9.52. The summed E-state index contributed by atoms with van der Waals surface area (Å²) in [4.78, 5) is 11.8. The van der Waals surface area contributed by atoms with Gasteiger partial charge in [0, 0.05) is 12.0 Å². The first-order valence-electron chi connectivity index (χ1n) is 7.17. The van der Waals surface area contributed by atoms with Gasteiger partial charge in [-0.05, 0) is 56.3 Å². The fraction of sp³-hybridized carbons (Fsp3) is 0.933. The monoisotopic (exact) mass is 237 g/mol. The molecule has 0 radical (unpaired) electrons. The summed E-state index contributed by atoms with van der Waals surface area (Å²) in [5.41, 5.74) is 1.02. The molecule has 3 saturated carbocycles. The van der Waals surface area contributed by atoms with Crippen molar-refractivity contribution in [2.45, 2.75) is 72.3 Å². The van der Waals surface area contributed by atoms with E-state index in [1.165, 1.54) is 38.5 Å². The number of hydrogen-bond donors (Lipinski definition) is 1. The predicted octanol–water partition coefficient (Wildman–Crippen LogP) is 3.51. The van der Waals surface area contributed by atoms with Crippen LogP contribution in [0.2, 0.25) is 0 Å². The van der Waals surface area contributed by atoms with E-state index in [2.05, 4.69) is 19.2 Å². The second kappa shape index (κ2) is 4.29. The quantitative estimate of drug-likeness (QED) is 0.799. The average molecular weight is 237 g/mol. The molecule has 0 aromatic heterocycles. The van der Waals surface area contributed by atoms with Crippen molar-refractivity contribution in [1.29, 1.82) is 0 Å². The van der Waals surface area contributed by atoms with Crippen molar-refractivity contribution in [3.8, 4) is 0 Å². The van der Waals surface area contributed by atoms with Crippen LogP contribution in [0, 0.1) is 16.7 Å². The van der Waals surface area contributed by atoms with Gasteiger partial charge in [-0.3, -0.25) is 4.79 Å². The lowest BCUT2D eigenvalue weighted by molar-refractivity contribution is -0.126. The van der Waals surface area contributed by atoms with Crippen LogP contribution in [0.15, 0.2) is 0 Å². The first-order valence-corrected chi connectivity index (χ1v) is 7.17. The fourth-order valence-corrected chi connectivity index (χ4v) is 3.58. The Labute approximate surface area is 106 Å². The zero-order chi connectivity index (χ0) is 12.7. The Balaban J connectivity index is 2.00. The summed E-state index contributed by atoms with van der Waals surface area (Å²) in [6.45, 7) is 8.60. The van der Waals surface area contributed by atoms with Crippen molar-refractivity contribution in [1.82, 2.24) is 5.32 Å². The first kappa shape index (κ1) is 12.9. The number of carbonyl (C=O) groups excluding carboxylic acids is 1. The van der Waals surface area contributed by atoms with Gasteiger partial charge in [-0.2, -0.15) is 0 Å². The maximum Gasteiger partial charge on any atom is 0.222 e. The number of carbonyl (C=O) groups is 1. The number of nitrogens with one attached hydrogen (secondary N) is 1. The highest BCUT2D eigenvalue weighted by Gasteiger charge is 2.49. The summed E-state index contributed by atoms with van der Waals surface area (Å²) in [6, 6.07) is 0.349. The molecule has 0 spiro atoms. The molecular weight excluding hydrogens is 210 g/mol. The van der Waals surface area contributed by atoms with Crippen molar-refractivity contribution in [3.05, 3.63) is 0 Å². The van der Waals surface area contributed by atoms with Crippen LogP contribution in [0.5, 0.6) is 0 Å². The van der Waals surface area contributed by atoms with E-state index in [0.29, 0.717) is 16.9 Å². The van der Waals surface area contributed by atoms with Gasteiger partial charge in [-0.25, -0.2) is 0 Å². The van der Waals surface area contributed by atoms with E-state index in [1.54, 1.807) is 0 Å². The lowest BCUT2D eigenvalue weighted by Crippen LogP contribution is -2.52. The molecule has 1 N–H and O–H groups in total. The van der Waals surface area contributed by atoms with Gasteiger partial charge in [0.05, 0.1) is 0 Å². The van der Waals surface area contributed by atoms with Gasteiger partial charge >= 0.3 is 0 Å². The molecule has 3 rings (SSSR count). The summed E-state index contributed by atoms with van der Waals surface area (Å²) in [6.07, 6.45) is 7.99. The Morgan fingerprint density at radius 2 is 1.47 bits per heavy atom. The summed E-state index contributed by atoms with van der Waals surface area (Å²) in [5, 5.41) is 3.24. The van der Waals surface area contributed by atoms with E-state index in [4.69, 9.17) is 0 Å². The summed E-state index contributed by atoms with van der Waals surface area (Å²) in [5.74, 6) is 0.317. The SMILES string of the molecule is CC(C)C(=O)N[C@H](C)C12CCC(C)(CC1)CC2. The third-order valence-electron chi connectivity index (χ3n) is 5.48. The van der Waals surface area contributed by atoms with Crippen molar-refractivity contribution >= 4 is 5.91 Å². The van der Waals surface area contributed by atoms with E-state index < -0.39 is 0 Å². The molecule has 1 amide bonds. The number of rotatable bonds is 3. The van der Waals surface area contributed by atoms with E-state index in [-0.39, 0.29) is 11.8 Å². The number of hydrogen-bond acceptors (Lipinski definition) is 1. The van der Waals surface area contributed by atoms with Crippen molar-refractivity contribution in [2.24, 2.45) is 16.7 Å². The van der Waals surface area contributed by atoms with E-state index in [1.807, 2.05) is 13.8 Å². The van der Waals surface area contributed by atoms with Crippen LogP contribution in [0.25, 0.3) is 0 Å². The molecule has 3 aliphatic rings. The van der Waals surface area contributed by atoms with Crippen molar-refractivity contribution < 1.29 is 4.79 Å². The highest BCUT2D eigenvalue weighted by molar-refractivity contribution is 5.78. The summed E-state index contributed by atoms with van der Waals surface area (Å²) >= 11 is 0. The second-order valence-corrected chi connectivity index (χ2v) is 7.06. The molecule has 2 bridgehead atoms. The molecule has 0 unspecified atom stereocenters. The van der Waals surface area contributed by atoms with Crippen LogP contribution in [-0.4, -0.2) is 11.9 Å². The smallest absolute Gasteiger partial charge is 0.222 e. The molecule has 2 nitrogen and oxygen atoms in total. The van der Waals surface area contributed by atoms with Crippen LogP contribution in [0.4, 0.5) is 0 Å². The summed E-state index contributed by atoms with van der Waals surface area (Å²) in [7, 11) is 0. The van der Waals surface area contributed by atoms with Crippen LogP contribution >= 0.6 is 0 Å². The molecule has 98 valence electrons. The summed E-state index contributed by atoms with van der Waals surface area (Å²) < 4.78 is 0. The Morgan fingerprint density at radius 1 is 1.00 bits per heavy atom. The maximum absolute atomic E-state index is 11.8. The third-order valence-corrected chi connectivity index (χ3v) is 5.48. The Hall–Kier alpha value is -0.530. The molecule has 17 heavy (non-hydrogen) atoms. The van der Waals surface area contributed by atoms with E-state index in [0.717, 1.165) is 0 Å². The largest absolute Gasteiger partial charge is 0.353 e. The third kappa shape index (κ3) is 2.36. The van der Waals surface area contributed by atoms with Crippen LogP contribution in [0.1, 0.15) is 66.2 Å². The Morgan fingerprint density at radius 3 is 1.88 bits per heavy atom. The lowest BCUT2D eigenvalue weighted by Gasteiger charge is -2.54. The van der Waals surface area contributed by atoms with Gasteiger partial charge < -0.3 is 5.32 Å². The number of amides is 1. The molecule has 1 atom stereocenters. The van der Waals surface area contributed by atoms with Crippen LogP contribution in [0.3, 0.4) is 0 Å². The fourth-order valence-electron chi connectivity index (χ4n) is 3.58. The zero-order valence-corrected chi connectivity index (χ0v) is 11.8. The van der Waals surface area contributed by atoms with Crippen LogP contribution < -0.4 is 5.32 Å². The molecule has 0 aromatic carbocycles. The van der Waals surface area contributed by atoms with E-state index in [9.17, 15) is 4.79 Å². The van der Waals surface area contributed by atoms with Crippen molar-refractivity contribution in [3.63, 3.8) is 0 Å². The molecule has 3 aliphatic carbocycles. The van der Waals surface area contributed by atoms with Crippen molar-refractivity contribution in [2.75, 3.05) is 0 Å². The zero-order valence-electron chi connectivity index (χ0n) is 11.8. The Kier molecular flexibility index (Phi) is 3.26. The highest BCUT2D eigenvalue weighted by atomic mass is 16.1.